The molecule has 2 heterocycles. The lowest BCUT2D eigenvalue weighted by atomic mass is 9.83. The van der Waals surface area contributed by atoms with Crippen LogP contribution in [-0.2, 0) is 9.53 Å². The van der Waals surface area contributed by atoms with E-state index in [4.69, 9.17) is 4.74 Å². The molecule has 5 heteroatoms. The van der Waals surface area contributed by atoms with Gasteiger partial charge in [-0.05, 0) is 38.0 Å². The Balaban J connectivity index is 1.47. The lowest BCUT2D eigenvalue weighted by Gasteiger charge is -2.33. The molecule has 5 nitrogen and oxygen atoms in total. The van der Waals surface area contributed by atoms with E-state index in [0.717, 1.165) is 25.9 Å². The molecule has 2 aliphatic heterocycles. The number of likely N-dealkylation sites (tertiary alicyclic amines) is 1. The second kappa shape index (κ2) is 7.75. The molecule has 0 aromatic carbocycles. The highest BCUT2D eigenvalue weighted by Crippen LogP contribution is 2.34. The summed E-state index contributed by atoms with van der Waals surface area (Å²) in [5.74, 6) is 0.738. The van der Waals surface area contributed by atoms with Gasteiger partial charge in [0.1, 0.15) is 0 Å². The van der Waals surface area contributed by atoms with Crippen LogP contribution in [0.25, 0.3) is 0 Å². The average Bonchev–Trinajstić information content (AvgIpc) is 3.16. The van der Waals surface area contributed by atoms with Crippen LogP contribution in [0.4, 0.5) is 0 Å². The predicted molar refractivity (Wildman–Crippen MR) is 84.5 cm³/mol. The van der Waals surface area contributed by atoms with Gasteiger partial charge < -0.3 is 15.2 Å². The number of nitrogens with zero attached hydrogens (tertiary/aromatic N) is 1. The molecule has 3 rings (SSSR count). The Kier molecular flexibility index (Phi) is 5.71. The summed E-state index contributed by atoms with van der Waals surface area (Å²) in [7, 11) is 0. The van der Waals surface area contributed by atoms with Crippen molar-refractivity contribution in [2.75, 3.05) is 26.2 Å². The SMILES string of the molecule is O=C(CN1C[C@H](O)C[C@H]1C1CCCCC1)NC[C@H]1CCCO1. The van der Waals surface area contributed by atoms with Gasteiger partial charge in [0.15, 0.2) is 0 Å². The third-order valence-electron chi connectivity index (χ3n) is 5.52. The minimum absolute atomic E-state index is 0.0745. The summed E-state index contributed by atoms with van der Waals surface area (Å²) < 4.78 is 5.54. The molecule has 1 aliphatic carbocycles. The van der Waals surface area contributed by atoms with Crippen molar-refractivity contribution in [3.8, 4) is 0 Å². The standard InChI is InChI=1S/C17H30N2O3/c20-14-9-16(13-5-2-1-3-6-13)19(11-14)12-17(21)18-10-15-7-4-8-22-15/h13-16,20H,1-12H2,(H,18,21)/t14-,15-,16+/m1/s1. The fourth-order valence-electron chi connectivity index (χ4n) is 4.37. The maximum Gasteiger partial charge on any atom is 0.234 e. The van der Waals surface area contributed by atoms with Gasteiger partial charge in [0, 0.05) is 25.7 Å². The van der Waals surface area contributed by atoms with Crippen LogP contribution in [0.3, 0.4) is 0 Å². The van der Waals surface area contributed by atoms with E-state index in [0.29, 0.717) is 31.6 Å². The van der Waals surface area contributed by atoms with Gasteiger partial charge in [-0.15, -0.1) is 0 Å². The van der Waals surface area contributed by atoms with E-state index in [2.05, 4.69) is 10.2 Å². The minimum Gasteiger partial charge on any atom is -0.392 e. The van der Waals surface area contributed by atoms with Gasteiger partial charge in [-0.25, -0.2) is 0 Å². The van der Waals surface area contributed by atoms with Gasteiger partial charge in [0.05, 0.1) is 18.8 Å². The maximum atomic E-state index is 12.2. The van der Waals surface area contributed by atoms with Crippen LogP contribution in [0.15, 0.2) is 0 Å². The van der Waals surface area contributed by atoms with E-state index >= 15 is 0 Å². The van der Waals surface area contributed by atoms with E-state index in [-0.39, 0.29) is 18.1 Å². The minimum atomic E-state index is -0.266. The molecule has 0 aromatic rings. The third-order valence-corrected chi connectivity index (χ3v) is 5.52. The first-order valence-electron chi connectivity index (χ1n) is 9.03. The highest BCUT2D eigenvalue weighted by atomic mass is 16.5. The summed E-state index contributed by atoms with van der Waals surface area (Å²) >= 11 is 0. The third kappa shape index (κ3) is 4.21. The Morgan fingerprint density at radius 3 is 2.73 bits per heavy atom. The van der Waals surface area contributed by atoms with Gasteiger partial charge in [-0.3, -0.25) is 9.69 Å². The first-order chi connectivity index (χ1) is 10.7. The Morgan fingerprint density at radius 1 is 1.18 bits per heavy atom. The average molecular weight is 310 g/mol. The molecule has 126 valence electrons. The van der Waals surface area contributed by atoms with Gasteiger partial charge in [-0.2, -0.15) is 0 Å². The molecular formula is C17H30N2O3. The zero-order valence-electron chi connectivity index (χ0n) is 13.5. The molecule has 0 radical (unpaired) electrons. The zero-order valence-corrected chi connectivity index (χ0v) is 13.5. The normalized spacial score (nSPS) is 34.1. The molecular weight excluding hydrogens is 280 g/mol. The summed E-state index contributed by atoms with van der Waals surface area (Å²) in [6.45, 7) is 2.52. The second-order valence-electron chi connectivity index (χ2n) is 7.22. The molecule has 1 amide bonds. The van der Waals surface area contributed by atoms with E-state index in [1.807, 2.05) is 0 Å². The number of hydrogen-bond acceptors (Lipinski definition) is 4. The molecule has 1 saturated carbocycles. The van der Waals surface area contributed by atoms with Crippen molar-refractivity contribution in [1.82, 2.24) is 10.2 Å². The van der Waals surface area contributed by atoms with Gasteiger partial charge in [0.2, 0.25) is 5.91 Å². The zero-order chi connectivity index (χ0) is 15.4. The van der Waals surface area contributed by atoms with Crippen molar-refractivity contribution in [2.24, 2.45) is 5.92 Å². The van der Waals surface area contributed by atoms with Crippen LogP contribution in [0, 0.1) is 5.92 Å². The molecule has 22 heavy (non-hydrogen) atoms. The summed E-state index contributed by atoms with van der Waals surface area (Å²) in [4.78, 5) is 14.4. The Bertz CT molecular complexity index is 365. The number of ether oxygens (including phenoxy) is 1. The first-order valence-corrected chi connectivity index (χ1v) is 9.03. The van der Waals surface area contributed by atoms with Crippen molar-refractivity contribution in [1.29, 1.82) is 0 Å². The molecule has 3 aliphatic rings. The number of nitrogens with one attached hydrogen (secondary N) is 1. The molecule has 3 fully saturated rings. The molecule has 0 unspecified atom stereocenters. The van der Waals surface area contributed by atoms with Crippen molar-refractivity contribution in [3.63, 3.8) is 0 Å². The highest BCUT2D eigenvalue weighted by molar-refractivity contribution is 5.78. The van der Waals surface area contributed by atoms with Crippen molar-refractivity contribution in [3.05, 3.63) is 0 Å². The number of rotatable bonds is 5. The van der Waals surface area contributed by atoms with Crippen LogP contribution in [0.1, 0.15) is 51.4 Å². The molecule has 0 bridgehead atoms. The number of carbonyl (C=O) groups excluding carboxylic acids is 1. The Morgan fingerprint density at radius 2 is 2.00 bits per heavy atom. The molecule has 2 saturated heterocycles. The molecule has 3 atom stereocenters. The summed E-state index contributed by atoms with van der Waals surface area (Å²) in [6, 6.07) is 0.392. The second-order valence-corrected chi connectivity index (χ2v) is 7.22. The largest absolute Gasteiger partial charge is 0.392 e. The quantitative estimate of drug-likeness (QED) is 0.803. The fraction of sp³-hybridized carbons (Fsp3) is 0.941. The highest BCUT2D eigenvalue weighted by Gasteiger charge is 2.37. The Labute approximate surface area is 133 Å². The van der Waals surface area contributed by atoms with E-state index in [1.165, 1.54) is 32.1 Å². The maximum absolute atomic E-state index is 12.2. The van der Waals surface area contributed by atoms with Crippen molar-refractivity contribution in [2.45, 2.75) is 69.6 Å². The van der Waals surface area contributed by atoms with Crippen LogP contribution in [-0.4, -0.2) is 60.4 Å². The number of amides is 1. The molecule has 0 aromatic heterocycles. The van der Waals surface area contributed by atoms with E-state index in [9.17, 15) is 9.90 Å². The van der Waals surface area contributed by atoms with Gasteiger partial charge in [-0.1, -0.05) is 19.3 Å². The lowest BCUT2D eigenvalue weighted by molar-refractivity contribution is -0.123. The summed E-state index contributed by atoms with van der Waals surface area (Å²) in [6.07, 6.45) is 9.37. The van der Waals surface area contributed by atoms with Crippen LogP contribution in [0.5, 0.6) is 0 Å². The molecule has 0 spiro atoms. The van der Waals surface area contributed by atoms with E-state index in [1.54, 1.807) is 0 Å². The first kappa shape index (κ1) is 16.2. The Hall–Kier alpha value is -0.650. The predicted octanol–water partition coefficient (Wildman–Crippen LogP) is 1.30. The smallest absolute Gasteiger partial charge is 0.234 e. The molecule has 2 N–H and O–H groups in total. The number of hydrogen-bond donors (Lipinski definition) is 2. The summed E-state index contributed by atoms with van der Waals surface area (Å²) in [5.41, 5.74) is 0. The summed E-state index contributed by atoms with van der Waals surface area (Å²) in [5, 5.41) is 13.0. The number of β-amino-alcohol motifs (C(OH)–C–C–N with tert-alkyl or cyclic N) is 1. The number of carbonyl (C=O) groups is 1. The van der Waals surface area contributed by atoms with Crippen molar-refractivity contribution < 1.29 is 14.6 Å². The topological polar surface area (TPSA) is 61.8 Å². The van der Waals surface area contributed by atoms with Crippen LogP contribution >= 0.6 is 0 Å². The van der Waals surface area contributed by atoms with Crippen molar-refractivity contribution >= 4 is 5.91 Å². The van der Waals surface area contributed by atoms with Gasteiger partial charge in [0.25, 0.3) is 0 Å². The number of aliphatic hydroxyl groups excluding tert-OH is 1. The van der Waals surface area contributed by atoms with Crippen LogP contribution in [0.2, 0.25) is 0 Å². The number of aliphatic hydroxyl groups is 1. The monoisotopic (exact) mass is 310 g/mol. The fourth-order valence-corrected chi connectivity index (χ4v) is 4.37. The van der Waals surface area contributed by atoms with Crippen LogP contribution < -0.4 is 5.32 Å². The van der Waals surface area contributed by atoms with E-state index < -0.39 is 0 Å². The lowest BCUT2D eigenvalue weighted by Crippen LogP contribution is -2.44. The van der Waals surface area contributed by atoms with Gasteiger partial charge >= 0.3 is 0 Å².